The zero-order valence-corrected chi connectivity index (χ0v) is 9.79. The van der Waals surface area contributed by atoms with Crippen LogP contribution in [0, 0.1) is 0 Å². The second kappa shape index (κ2) is 4.37. The van der Waals surface area contributed by atoms with Gasteiger partial charge in [-0.1, -0.05) is 0 Å². The molecule has 2 rings (SSSR count). The molecule has 0 spiro atoms. The lowest BCUT2D eigenvalue weighted by molar-refractivity contribution is 0.1000. The molecule has 2 heterocycles. The summed E-state index contributed by atoms with van der Waals surface area (Å²) in [5, 5.41) is 4.24. The van der Waals surface area contributed by atoms with Crippen LogP contribution in [0.1, 0.15) is 30.2 Å². The first-order valence-electron chi connectivity index (χ1n) is 5.38. The predicted molar refractivity (Wildman–Crippen MR) is 64.4 cm³/mol. The summed E-state index contributed by atoms with van der Waals surface area (Å²) in [5.41, 5.74) is 7.40. The quantitative estimate of drug-likeness (QED) is 0.870. The van der Waals surface area contributed by atoms with Crippen molar-refractivity contribution in [3.63, 3.8) is 0 Å². The molecule has 17 heavy (non-hydrogen) atoms. The van der Waals surface area contributed by atoms with Gasteiger partial charge in [0.1, 0.15) is 0 Å². The van der Waals surface area contributed by atoms with E-state index in [4.69, 9.17) is 5.73 Å². The maximum atomic E-state index is 11.1. The van der Waals surface area contributed by atoms with Gasteiger partial charge in [0, 0.05) is 30.2 Å². The Balaban J connectivity index is 2.49. The van der Waals surface area contributed by atoms with E-state index in [0.29, 0.717) is 5.56 Å². The zero-order chi connectivity index (χ0) is 12.4. The number of hydrogen-bond acceptors (Lipinski definition) is 3. The zero-order valence-electron chi connectivity index (χ0n) is 9.79. The Bertz CT molecular complexity index is 545. The molecule has 0 radical (unpaired) electrons. The van der Waals surface area contributed by atoms with Gasteiger partial charge in [0.05, 0.1) is 11.3 Å². The van der Waals surface area contributed by atoms with E-state index in [1.165, 1.54) is 6.20 Å². The molecule has 0 atom stereocenters. The second-order valence-corrected chi connectivity index (χ2v) is 4.08. The number of carbonyl (C=O) groups is 1. The van der Waals surface area contributed by atoms with E-state index in [1.807, 2.05) is 24.6 Å². The predicted octanol–water partition coefficient (Wildman–Crippen LogP) is 1.62. The first kappa shape index (κ1) is 11.3. The van der Waals surface area contributed by atoms with Crippen molar-refractivity contribution in [2.45, 2.75) is 19.9 Å². The minimum atomic E-state index is -0.477. The molecule has 2 N–H and O–H groups in total. The lowest BCUT2D eigenvalue weighted by Crippen LogP contribution is -2.11. The van der Waals surface area contributed by atoms with Crippen molar-refractivity contribution in [2.24, 2.45) is 5.73 Å². The Morgan fingerprint density at radius 2 is 2.18 bits per heavy atom. The number of pyridine rings is 1. The van der Waals surface area contributed by atoms with Gasteiger partial charge in [-0.3, -0.25) is 14.5 Å². The summed E-state index contributed by atoms with van der Waals surface area (Å²) in [6.45, 7) is 4.09. The van der Waals surface area contributed by atoms with Crippen molar-refractivity contribution in [3.8, 4) is 11.3 Å². The van der Waals surface area contributed by atoms with E-state index in [9.17, 15) is 4.79 Å². The van der Waals surface area contributed by atoms with Crippen LogP contribution >= 0.6 is 0 Å². The first-order valence-corrected chi connectivity index (χ1v) is 5.38. The van der Waals surface area contributed by atoms with Crippen LogP contribution < -0.4 is 5.73 Å². The third-order valence-electron chi connectivity index (χ3n) is 2.48. The highest BCUT2D eigenvalue weighted by Gasteiger charge is 2.10. The molecule has 5 heteroatoms. The standard InChI is InChI=1S/C12H14N4O/c1-8(2)16-11(3-4-15-16)9-5-10(12(13)17)7-14-6-9/h3-8H,1-2H3,(H2,13,17). The molecule has 0 aliphatic rings. The van der Waals surface area contributed by atoms with Crippen LogP contribution in [0.15, 0.2) is 30.7 Å². The van der Waals surface area contributed by atoms with Gasteiger partial charge >= 0.3 is 0 Å². The molecule has 0 fully saturated rings. The molecular formula is C12H14N4O. The Kier molecular flexibility index (Phi) is 2.91. The van der Waals surface area contributed by atoms with Crippen molar-refractivity contribution < 1.29 is 4.79 Å². The van der Waals surface area contributed by atoms with Crippen molar-refractivity contribution in [1.29, 1.82) is 0 Å². The van der Waals surface area contributed by atoms with Crippen LogP contribution in [0.4, 0.5) is 0 Å². The normalized spacial score (nSPS) is 10.8. The fraction of sp³-hybridized carbons (Fsp3) is 0.250. The van der Waals surface area contributed by atoms with Crippen LogP contribution in [0.3, 0.4) is 0 Å². The summed E-state index contributed by atoms with van der Waals surface area (Å²) >= 11 is 0. The largest absolute Gasteiger partial charge is 0.366 e. The number of carbonyl (C=O) groups excluding carboxylic acids is 1. The number of rotatable bonds is 3. The number of aromatic nitrogens is 3. The third-order valence-corrected chi connectivity index (χ3v) is 2.48. The molecular weight excluding hydrogens is 216 g/mol. The molecule has 0 aliphatic carbocycles. The maximum absolute atomic E-state index is 11.1. The van der Waals surface area contributed by atoms with Crippen molar-refractivity contribution in [3.05, 3.63) is 36.3 Å². The van der Waals surface area contributed by atoms with Crippen molar-refractivity contribution in [2.75, 3.05) is 0 Å². The van der Waals surface area contributed by atoms with E-state index < -0.39 is 5.91 Å². The minimum Gasteiger partial charge on any atom is -0.366 e. The SMILES string of the molecule is CC(C)n1nccc1-c1cncc(C(N)=O)c1. The molecule has 0 saturated heterocycles. The fourth-order valence-corrected chi connectivity index (χ4v) is 1.67. The number of nitrogens with two attached hydrogens (primary N) is 1. The van der Waals surface area contributed by atoms with Crippen molar-refractivity contribution >= 4 is 5.91 Å². The highest BCUT2D eigenvalue weighted by molar-refractivity contribution is 5.93. The lowest BCUT2D eigenvalue weighted by atomic mass is 10.1. The number of nitrogens with zero attached hydrogens (tertiary/aromatic N) is 3. The molecule has 2 aromatic heterocycles. The average Bonchev–Trinajstić information content (AvgIpc) is 2.78. The lowest BCUT2D eigenvalue weighted by Gasteiger charge is -2.11. The highest BCUT2D eigenvalue weighted by Crippen LogP contribution is 2.21. The third kappa shape index (κ3) is 2.18. The number of amides is 1. The van der Waals surface area contributed by atoms with Crippen LogP contribution in [0.2, 0.25) is 0 Å². The Labute approximate surface area is 99.3 Å². The summed E-state index contributed by atoms with van der Waals surface area (Å²) in [4.78, 5) is 15.1. The summed E-state index contributed by atoms with van der Waals surface area (Å²) in [6.07, 6.45) is 4.89. The van der Waals surface area contributed by atoms with Crippen molar-refractivity contribution in [1.82, 2.24) is 14.8 Å². The second-order valence-electron chi connectivity index (χ2n) is 4.08. The van der Waals surface area contributed by atoms with Gasteiger partial charge in [0.2, 0.25) is 5.91 Å². The van der Waals surface area contributed by atoms with E-state index in [2.05, 4.69) is 10.1 Å². The monoisotopic (exact) mass is 230 g/mol. The average molecular weight is 230 g/mol. The topological polar surface area (TPSA) is 73.8 Å². The fourth-order valence-electron chi connectivity index (χ4n) is 1.67. The van der Waals surface area contributed by atoms with Crippen LogP contribution in [0.25, 0.3) is 11.3 Å². The molecule has 0 aromatic carbocycles. The van der Waals surface area contributed by atoms with Gasteiger partial charge in [-0.25, -0.2) is 0 Å². The van der Waals surface area contributed by atoms with E-state index in [0.717, 1.165) is 11.3 Å². The molecule has 88 valence electrons. The summed E-state index contributed by atoms with van der Waals surface area (Å²) < 4.78 is 1.88. The Morgan fingerprint density at radius 3 is 2.82 bits per heavy atom. The Morgan fingerprint density at radius 1 is 1.41 bits per heavy atom. The molecule has 5 nitrogen and oxygen atoms in total. The number of primary amides is 1. The highest BCUT2D eigenvalue weighted by atomic mass is 16.1. The van der Waals surface area contributed by atoms with Gasteiger partial charge in [-0.2, -0.15) is 5.10 Å². The summed E-state index contributed by atoms with van der Waals surface area (Å²) in [7, 11) is 0. The molecule has 0 unspecified atom stereocenters. The summed E-state index contributed by atoms with van der Waals surface area (Å²) in [5.74, 6) is -0.477. The molecule has 0 bridgehead atoms. The molecule has 1 amide bonds. The van der Waals surface area contributed by atoms with Gasteiger partial charge in [-0.05, 0) is 26.0 Å². The minimum absolute atomic E-state index is 0.247. The molecule has 0 saturated carbocycles. The van der Waals surface area contributed by atoms with Gasteiger partial charge in [-0.15, -0.1) is 0 Å². The van der Waals surface area contributed by atoms with Crippen LogP contribution in [-0.2, 0) is 0 Å². The van der Waals surface area contributed by atoms with Gasteiger partial charge in [0.25, 0.3) is 0 Å². The van der Waals surface area contributed by atoms with E-state index in [1.54, 1.807) is 18.5 Å². The van der Waals surface area contributed by atoms with Gasteiger partial charge in [0.15, 0.2) is 0 Å². The Hall–Kier alpha value is -2.17. The van der Waals surface area contributed by atoms with Crippen LogP contribution in [-0.4, -0.2) is 20.7 Å². The first-order chi connectivity index (χ1) is 8.09. The molecule has 2 aromatic rings. The van der Waals surface area contributed by atoms with E-state index in [-0.39, 0.29) is 6.04 Å². The summed E-state index contributed by atoms with van der Waals surface area (Å²) in [6, 6.07) is 3.87. The molecule has 0 aliphatic heterocycles. The maximum Gasteiger partial charge on any atom is 0.250 e. The van der Waals surface area contributed by atoms with E-state index >= 15 is 0 Å². The van der Waals surface area contributed by atoms with Crippen LogP contribution in [0.5, 0.6) is 0 Å². The number of hydrogen-bond donors (Lipinski definition) is 1. The smallest absolute Gasteiger partial charge is 0.250 e. The van der Waals surface area contributed by atoms with Gasteiger partial charge < -0.3 is 5.73 Å².